The van der Waals surface area contributed by atoms with Crippen LogP contribution in [0, 0.1) is 5.92 Å². The molecule has 1 aliphatic heterocycles. The first kappa shape index (κ1) is 11.1. The number of hydrogen-bond acceptors (Lipinski definition) is 2. The Labute approximate surface area is 87.6 Å². The molecule has 0 aliphatic carbocycles. The summed E-state index contributed by atoms with van der Waals surface area (Å²) in [7, 11) is 0. The Hall–Kier alpha value is 0.0500. The van der Waals surface area contributed by atoms with E-state index >= 15 is 0 Å². The van der Waals surface area contributed by atoms with Crippen LogP contribution in [0.25, 0.3) is 0 Å². The SMILES string of the molecule is CC1CCN(C/C=C/CS)C(C)C1. The molecule has 0 bridgehead atoms. The maximum atomic E-state index is 4.15. The normalized spacial score (nSPS) is 31.3. The van der Waals surface area contributed by atoms with Crippen molar-refractivity contribution >= 4 is 12.6 Å². The molecule has 0 amide bonds. The van der Waals surface area contributed by atoms with Crippen LogP contribution in [0.2, 0.25) is 0 Å². The molecule has 13 heavy (non-hydrogen) atoms. The van der Waals surface area contributed by atoms with Gasteiger partial charge in [0.2, 0.25) is 0 Å². The standard InChI is InChI=1S/C11H21NS/c1-10-5-7-12(11(2)9-10)6-3-4-8-13/h3-4,10-11,13H,5-9H2,1-2H3/b4-3+. The minimum Gasteiger partial charge on any atom is -0.297 e. The lowest BCUT2D eigenvalue weighted by molar-refractivity contribution is 0.144. The molecular weight excluding hydrogens is 178 g/mol. The molecule has 0 aromatic heterocycles. The van der Waals surface area contributed by atoms with Gasteiger partial charge in [-0.05, 0) is 32.2 Å². The van der Waals surface area contributed by atoms with E-state index in [-0.39, 0.29) is 0 Å². The lowest BCUT2D eigenvalue weighted by Gasteiger charge is -2.35. The maximum absolute atomic E-state index is 4.15. The molecular formula is C11H21NS. The number of hydrogen-bond donors (Lipinski definition) is 1. The fourth-order valence-corrected chi connectivity index (χ4v) is 2.16. The van der Waals surface area contributed by atoms with E-state index in [0.29, 0.717) is 0 Å². The summed E-state index contributed by atoms with van der Waals surface area (Å²) in [5, 5.41) is 0. The minimum absolute atomic E-state index is 0.758. The van der Waals surface area contributed by atoms with Crippen molar-refractivity contribution < 1.29 is 0 Å². The van der Waals surface area contributed by atoms with Gasteiger partial charge in [0.15, 0.2) is 0 Å². The summed E-state index contributed by atoms with van der Waals surface area (Å²) < 4.78 is 0. The van der Waals surface area contributed by atoms with Crippen molar-refractivity contribution in [1.82, 2.24) is 4.90 Å². The summed E-state index contributed by atoms with van der Waals surface area (Å²) in [6, 6.07) is 0.758. The molecule has 0 spiro atoms. The average Bonchev–Trinajstić information content (AvgIpc) is 2.09. The van der Waals surface area contributed by atoms with Crippen LogP contribution in [0.1, 0.15) is 26.7 Å². The van der Waals surface area contributed by atoms with Crippen molar-refractivity contribution in [1.29, 1.82) is 0 Å². The molecule has 0 aromatic rings. The van der Waals surface area contributed by atoms with Gasteiger partial charge < -0.3 is 0 Å². The Kier molecular flexibility index (Phi) is 4.89. The fraction of sp³-hybridized carbons (Fsp3) is 0.818. The molecule has 1 aliphatic rings. The van der Waals surface area contributed by atoms with Gasteiger partial charge in [-0.15, -0.1) is 0 Å². The van der Waals surface area contributed by atoms with Crippen LogP contribution in [0.15, 0.2) is 12.2 Å². The molecule has 1 nitrogen and oxygen atoms in total. The van der Waals surface area contributed by atoms with E-state index in [1.807, 2.05) is 0 Å². The van der Waals surface area contributed by atoms with E-state index in [1.54, 1.807) is 0 Å². The highest BCUT2D eigenvalue weighted by atomic mass is 32.1. The second kappa shape index (κ2) is 5.71. The highest BCUT2D eigenvalue weighted by Gasteiger charge is 2.21. The third-order valence-corrected chi connectivity index (χ3v) is 3.10. The molecule has 0 N–H and O–H groups in total. The van der Waals surface area contributed by atoms with E-state index in [1.165, 1.54) is 19.4 Å². The summed E-state index contributed by atoms with van der Waals surface area (Å²) in [5.41, 5.74) is 0. The third-order valence-electron chi connectivity index (χ3n) is 2.89. The Morgan fingerprint density at radius 2 is 2.15 bits per heavy atom. The first-order chi connectivity index (χ1) is 6.24. The Morgan fingerprint density at radius 1 is 1.38 bits per heavy atom. The Balaban J connectivity index is 2.29. The average molecular weight is 199 g/mol. The number of nitrogens with zero attached hydrogens (tertiary/aromatic N) is 1. The maximum Gasteiger partial charge on any atom is 0.0166 e. The first-order valence-corrected chi connectivity index (χ1v) is 5.87. The second-order valence-corrected chi connectivity index (χ2v) is 4.49. The van der Waals surface area contributed by atoms with Gasteiger partial charge in [0.05, 0.1) is 0 Å². The van der Waals surface area contributed by atoms with Gasteiger partial charge in [0.25, 0.3) is 0 Å². The monoisotopic (exact) mass is 199 g/mol. The van der Waals surface area contributed by atoms with E-state index in [4.69, 9.17) is 0 Å². The van der Waals surface area contributed by atoms with Gasteiger partial charge in [-0.25, -0.2) is 0 Å². The molecule has 1 rings (SSSR count). The van der Waals surface area contributed by atoms with Crippen molar-refractivity contribution in [3.63, 3.8) is 0 Å². The summed E-state index contributed by atoms with van der Waals surface area (Å²) in [5.74, 6) is 1.78. The summed E-state index contributed by atoms with van der Waals surface area (Å²) >= 11 is 4.15. The van der Waals surface area contributed by atoms with Crippen molar-refractivity contribution in [2.24, 2.45) is 5.92 Å². The van der Waals surface area contributed by atoms with Crippen molar-refractivity contribution in [2.75, 3.05) is 18.8 Å². The lowest BCUT2D eigenvalue weighted by Crippen LogP contribution is -2.40. The van der Waals surface area contributed by atoms with Crippen LogP contribution in [0.5, 0.6) is 0 Å². The van der Waals surface area contributed by atoms with Crippen molar-refractivity contribution in [3.8, 4) is 0 Å². The molecule has 0 saturated carbocycles. The smallest absolute Gasteiger partial charge is 0.0166 e. The number of likely N-dealkylation sites (tertiary alicyclic amines) is 1. The highest BCUT2D eigenvalue weighted by molar-refractivity contribution is 7.80. The van der Waals surface area contributed by atoms with Crippen LogP contribution < -0.4 is 0 Å². The molecule has 1 heterocycles. The predicted octanol–water partition coefficient (Wildman–Crippen LogP) is 2.59. The van der Waals surface area contributed by atoms with Gasteiger partial charge >= 0.3 is 0 Å². The van der Waals surface area contributed by atoms with Crippen LogP contribution in [0.3, 0.4) is 0 Å². The van der Waals surface area contributed by atoms with E-state index in [0.717, 1.165) is 24.3 Å². The zero-order chi connectivity index (χ0) is 9.68. The fourth-order valence-electron chi connectivity index (χ4n) is 2.01. The second-order valence-electron chi connectivity index (χ2n) is 4.13. The quantitative estimate of drug-likeness (QED) is 0.540. The molecule has 0 radical (unpaired) electrons. The van der Waals surface area contributed by atoms with Gasteiger partial charge in [0.1, 0.15) is 0 Å². The zero-order valence-corrected chi connectivity index (χ0v) is 9.63. The Morgan fingerprint density at radius 3 is 2.77 bits per heavy atom. The third kappa shape index (κ3) is 3.74. The minimum atomic E-state index is 0.758. The lowest BCUT2D eigenvalue weighted by atomic mass is 9.93. The van der Waals surface area contributed by atoms with Crippen LogP contribution in [-0.2, 0) is 0 Å². The van der Waals surface area contributed by atoms with Gasteiger partial charge in [-0.2, -0.15) is 12.6 Å². The van der Waals surface area contributed by atoms with Gasteiger partial charge in [-0.3, -0.25) is 4.90 Å². The number of piperidine rings is 1. The molecule has 2 atom stereocenters. The zero-order valence-electron chi connectivity index (χ0n) is 8.74. The van der Waals surface area contributed by atoms with Crippen LogP contribution >= 0.6 is 12.6 Å². The molecule has 1 saturated heterocycles. The van der Waals surface area contributed by atoms with E-state index in [9.17, 15) is 0 Å². The molecule has 0 aromatic carbocycles. The molecule has 2 heteroatoms. The van der Waals surface area contributed by atoms with Gasteiger partial charge in [-0.1, -0.05) is 19.1 Å². The van der Waals surface area contributed by atoms with Crippen molar-refractivity contribution in [2.45, 2.75) is 32.7 Å². The van der Waals surface area contributed by atoms with Crippen molar-refractivity contribution in [3.05, 3.63) is 12.2 Å². The van der Waals surface area contributed by atoms with E-state index in [2.05, 4.69) is 43.5 Å². The summed E-state index contributed by atoms with van der Waals surface area (Å²) in [4.78, 5) is 2.56. The topological polar surface area (TPSA) is 3.24 Å². The summed E-state index contributed by atoms with van der Waals surface area (Å²) in [6.07, 6.45) is 7.08. The molecule has 2 unspecified atom stereocenters. The molecule has 76 valence electrons. The Bertz CT molecular complexity index is 167. The predicted molar refractivity (Wildman–Crippen MR) is 62.4 cm³/mol. The van der Waals surface area contributed by atoms with Crippen LogP contribution in [0.4, 0.5) is 0 Å². The van der Waals surface area contributed by atoms with Crippen LogP contribution in [-0.4, -0.2) is 29.8 Å². The van der Waals surface area contributed by atoms with E-state index < -0.39 is 0 Å². The summed E-state index contributed by atoms with van der Waals surface area (Å²) in [6.45, 7) is 7.06. The highest BCUT2D eigenvalue weighted by Crippen LogP contribution is 2.21. The first-order valence-electron chi connectivity index (χ1n) is 5.24. The largest absolute Gasteiger partial charge is 0.297 e. The number of thiol groups is 1. The number of rotatable bonds is 3. The van der Waals surface area contributed by atoms with Gasteiger partial charge in [0, 0.05) is 18.3 Å². The molecule has 1 fully saturated rings.